The number of alkyl halides is 1. The average molecular weight is 249 g/mol. The van der Waals surface area contributed by atoms with Crippen molar-refractivity contribution in [3.8, 4) is 5.75 Å². The summed E-state index contributed by atoms with van der Waals surface area (Å²) < 4.78 is 44.7. The smallest absolute Gasteiger partial charge is 0.409 e. The Bertz CT molecular complexity index is 439. The number of hydrogen-bond acceptors (Lipinski definition) is 2. The molecule has 0 radical (unpaired) electrons. The van der Waals surface area contributed by atoms with Crippen molar-refractivity contribution in [2.24, 2.45) is 0 Å². The van der Waals surface area contributed by atoms with Gasteiger partial charge in [0, 0.05) is 12.6 Å². The minimum absolute atomic E-state index is 0.227. The highest BCUT2D eigenvalue weighted by atomic mass is 19.2. The minimum Gasteiger partial charge on any atom is -0.494 e. The third-order valence-corrected chi connectivity index (χ3v) is 2.20. The number of benzene rings is 1. The van der Waals surface area contributed by atoms with Gasteiger partial charge in [0.15, 0.2) is 11.6 Å². The molecule has 0 aliphatic rings. The number of carboxylic acid groups (broad SMARTS) is 1. The Balaban J connectivity index is 3.16. The molecule has 1 aromatic carbocycles. The van der Waals surface area contributed by atoms with Crippen molar-refractivity contribution in [2.45, 2.75) is 6.30 Å². The lowest BCUT2D eigenvalue weighted by molar-refractivity contribution is 0.0870. The van der Waals surface area contributed by atoms with Crippen LogP contribution in [0.3, 0.4) is 0 Å². The van der Waals surface area contributed by atoms with Crippen molar-refractivity contribution in [2.75, 3.05) is 14.2 Å². The van der Waals surface area contributed by atoms with Crippen LogP contribution in [-0.2, 0) is 0 Å². The highest BCUT2D eigenvalue weighted by molar-refractivity contribution is 5.65. The number of methoxy groups -OCH3 is 1. The summed E-state index contributed by atoms with van der Waals surface area (Å²) in [7, 11) is 2.04. The van der Waals surface area contributed by atoms with E-state index in [1.54, 1.807) is 0 Å². The first kappa shape index (κ1) is 13.1. The van der Waals surface area contributed by atoms with Crippen LogP contribution in [0.2, 0.25) is 0 Å². The first-order valence-corrected chi connectivity index (χ1v) is 4.51. The molecule has 94 valence electrons. The number of amides is 1. The minimum atomic E-state index is -2.28. The Hall–Kier alpha value is -1.92. The second-order valence-corrected chi connectivity index (χ2v) is 3.21. The summed E-state index contributed by atoms with van der Waals surface area (Å²) >= 11 is 0. The summed E-state index contributed by atoms with van der Waals surface area (Å²) in [6, 6.07) is 1.96. The standard InChI is InChI=1S/C10H10F3NO3/c1-14(10(15)16)9(13)5-3-4-6(17-2)8(12)7(5)11/h3-4,9H,1-2H3,(H,15,16). The van der Waals surface area contributed by atoms with E-state index in [1.807, 2.05) is 0 Å². The molecule has 1 atom stereocenters. The van der Waals surface area contributed by atoms with Crippen LogP contribution in [0.15, 0.2) is 12.1 Å². The summed E-state index contributed by atoms with van der Waals surface area (Å²) in [5, 5.41) is 8.52. The summed E-state index contributed by atoms with van der Waals surface area (Å²) in [5.41, 5.74) is -0.701. The highest BCUT2D eigenvalue weighted by Crippen LogP contribution is 2.29. The van der Waals surface area contributed by atoms with E-state index in [2.05, 4.69) is 4.74 Å². The van der Waals surface area contributed by atoms with Crippen molar-refractivity contribution in [1.82, 2.24) is 4.90 Å². The maximum absolute atomic E-state index is 13.6. The Kier molecular flexibility index (Phi) is 3.82. The highest BCUT2D eigenvalue weighted by Gasteiger charge is 2.26. The number of carbonyl (C=O) groups is 1. The molecule has 1 unspecified atom stereocenters. The van der Waals surface area contributed by atoms with Crippen molar-refractivity contribution < 1.29 is 27.8 Å². The zero-order valence-corrected chi connectivity index (χ0v) is 9.08. The molecule has 0 aliphatic carbocycles. The first-order valence-electron chi connectivity index (χ1n) is 4.51. The van der Waals surface area contributed by atoms with Gasteiger partial charge < -0.3 is 9.84 Å². The normalized spacial score (nSPS) is 12.1. The number of hydrogen-bond donors (Lipinski definition) is 1. The average Bonchev–Trinajstić information content (AvgIpc) is 2.30. The SMILES string of the molecule is COc1ccc(C(F)N(C)C(=O)O)c(F)c1F. The van der Waals surface area contributed by atoms with Crippen LogP contribution in [0.1, 0.15) is 11.9 Å². The summed E-state index contributed by atoms with van der Waals surface area (Å²) in [6.07, 6.45) is -3.87. The van der Waals surface area contributed by atoms with Crippen LogP contribution in [0, 0.1) is 11.6 Å². The van der Waals surface area contributed by atoms with Crippen LogP contribution in [0.5, 0.6) is 5.75 Å². The van der Waals surface area contributed by atoms with E-state index < -0.39 is 29.6 Å². The molecule has 1 N–H and O–H groups in total. The molecule has 1 aromatic rings. The fourth-order valence-corrected chi connectivity index (χ4v) is 1.19. The van der Waals surface area contributed by atoms with Gasteiger partial charge in [-0.05, 0) is 12.1 Å². The molecule has 0 heterocycles. The van der Waals surface area contributed by atoms with E-state index >= 15 is 0 Å². The summed E-state index contributed by atoms with van der Waals surface area (Å²) in [4.78, 5) is 10.7. The molecule has 4 nitrogen and oxygen atoms in total. The second kappa shape index (κ2) is 4.94. The molecule has 0 aliphatic heterocycles. The molecule has 0 fully saturated rings. The number of nitrogens with zero attached hydrogens (tertiary/aromatic N) is 1. The molecule has 0 aromatic heterocycles. The van der Waals surface area contributed by atoms with Crippen molar-refractivity contribution in [1.29, 1.82) is 0 Å². The van der Waals surface area contributed by atoms with Gasteiger partial charge >= 0.3 is 6.09 Å². The maximum atomic E-state index is 13.6. The van der Waals surface area contributed by atoms with Gasteiger partial charge in [-0.2, -0.15) is 4.39 Å². The molecule has 7 heteroatoms. The zero-order chi connectivity index (χ0) is 13.2. The molecule has 1 rings (SSSR count). The quantitative estimate of drug-likeness (QED) is 0.837. The Morgan fingerprint density at radius 2 is 2.00 bits per heavy atom. The van der Waals surface area contributed by atoms with E-state index in [1.165, 1.54) is 0 Å². The summed E-state index contributed by atoms with van der Waals surface area (Å²) in [6.45, 7) is 0. The van der Waals surface area contributed by atoms with E-state index in [0.717, 1.165) is 26.3 Å². The van der Waals surface area contributed by atoms with Crippen LogP contribution in [0.25, 0.3) is 0 Å². The van der Waals surface area contributed by atoms with Gasteiger partial charge in [-0.15, -0.1) is 0 Å². The lowest BCUT2D eigenvalue weighted by Gasteiger charge is -2.19. The number of halogens is 3. The Morgan fingerprint density at radius 1 is 1.41 bits per heavy atom. The van der Waals surface area contributed by atoms with Gasteiger partial charge in [-0.1, -0.05) is 0 Å². The molecular formula is C10H10F3NO3. The Morgan fingerprint density at radius 3 is 2.47 bits per heavy atom. The third-order valence-electron chi connectivity index (χ3n) is 2.20. The van der Waals surface area contributed by atoms with Gasteiger partial charge in [0.2, 0.25) is 12.1 Å². The third kappa shape index (κ3) is 2.43. The molecule has 17 heavy (non-hydrogen) atoms. The zero-order valence-electron chi connectivity index (χ0n) is 9.08. The monoisotopic (exact) mass is 249 g/mol. The van der Waals surface area contributed by atoms with Crippen molar-refractivity contribution >= 4 is 6.09 Å². The molecule has 0 saturated heterocycles. The van der Waals surface area contributed by atoms with E-state index in [-0.39, 0.29) is 10.6 Å². The second-order valence-electron chi connectivity index (χ2n) is 3.21. The lowest BCUT2D eigenvalue weighted by atomic mass is 10.1. The number of rotatable bonds is 3. The van der Waals surface area contributed by atoms with Gasteiger partial charge in [0.1, 0.15) is 0 Å². The topological polar surface area (TPSA) is 49.8 Å². The first-order chi connectivity index (χ1) is 7.90. The maximum Gasteiger partial charge on any atom is 0.409 e. The molecule has 0 bridgehead atoms. The van der Waals surface area contributed by atoms with Crippen molar-refractivity contribution in [3.05, 3.63) is 29.3 Å². The van der Waals surface area contributed by atoms with Gasteiger partial charge in [-0.25, -0.2) is 13.6 Å². The molecule has 0 saturated carbocycles. The van der Waals surface area contributed by atoms with Gasteiger partial charge in [-0.3, -0.25) is 4.90 Å². The van der Waals surface area contributed by atoms with E-state index in [9.17, 15) is 18.0 Å². The number of ether oxygens (including phenoxy) is 1. The van der Waals surface area contributed by atoms with Gasteiger partial charge in [0.25, 0.3) is 0 Å². The lowest BCUT2D eigenvalue weighted by Crippen LogP contribution is -2.27. The molecule has 1 amide bonds. The van der Waals surface area contributed by atoms with Crippen LogP contribution in [-0.4, -0.2) is 30.3 Å². The van der Waals surface area contributed by atoms with Crippen LogP contribution in [0.4, 0.5) is 18.0 Å². The predicted octanol–water partition coefficient (Wildman–Crippen LogP) is 2.55. The Labute approximate surface area is 95.2 Å². The molecule has 0 spiro atoms. The largest absolute Gasteiger partial charge is 0.494 e. The predicted molar refractivity (Wildman–Crippen MR) is 52.5 cm³/mol. The fourth-order valence-electron chi connectivity index (χ4n) is 1.19. The van der Waals surface area contributed by atoms with E-state index in [4.69, 9.17) is 5.11 Å². The van der Waals surface area contributed by atoms with Crippen LogP contribution >= 0.6 is 0 Å². The van der Waals surface area contributed by atoms with Gasteiger partial charge in [0.05, 0.1) is 7.11 Å². The fraction of sp³-hybridized carbons (Fsp3) is 0.300. The van der Waals surface area contributed by atoms with E-state index in [0.29, 0.717) is 0 Å². The van der Waals surface area contributed by atoms with Crippen molar-refractivity contribution in [3.63, 3.8) is 0 Å². The summed E-state index contributed by atoms with van der Waals surface area (Å²) in [5.74, 6) is -3.20. The molecular weight excluding hydrogens is 239 g/mol. The van der Waals surface area contributed by atoms with Crippen LogP contribution < -0.4 is 4.74 Å².